The molecule has 0 fully saturated rings. The number of halogens is 1. The number of hydrogen-bond acceptors (Lipinski definition) is 2. The number of aryl methyl sites for hydroxylation is 2. The third kappa shape index (κ3) is 3.44. The van der Waals surface area contributed by atoms with Crippen molar-refractivity contribution < 1.29 is 4.79 Å². The van der Waals surface area contributed by atoms with Crippen molar-refractivity contribution in [3.8, 4) is 0 Å². The lowest BCUT2D eigenvalue weighted by atomic mass is 10.1. The van der Waals surface area contributed by atoms with Crippen LogP contribution in [0.25, 0.3) is 0 Å². The molecule has 20 heavy (non-hydrogen) atoms. The lowest BCUT2D eigenvalue weighted by Gasteiger charge is -2.11. The monoisotopic (exact) mass is 349 g/mol. The second-order valence-electron chi connectivity index (χ2n) is 4.59. The first kappa shape index (κ1) is 15.1. The fraction of sp³-hybridized carbons (Fsp3) is 0.188. The first-order chi connectivity index (χ1) is 9.51. The van der Waals surface area contributed by atoms with Crippen LogP contribution in [0.15, 0.2) is 45.8 Å². The lowest BCUT2D eigenvalue weighted by Crippen LogP contribution is -2.14. The number of nitrogens with one attached hydrogen (secondary N) is 1. The van der Waals surface area contributed by atoms with Crippen LogP contribution in [0.5, 0.6) is 0 Å². The van der Waals surface area contributed by atoms with Gasteiger partial charge in [0, 0.05) is 20.6 Å². The van der Waals surface area contributed by atoms with E-state index in [0.29, 0.717) is 0 Å². The average molecular weight is 350 g/mol. The number of amides is 1. The van der Waals surface area contributed by atoms with Gasteiger partial charge in [0.25, 0.3) is 5.91 Å². The normalized spacial score (nSPS) is 10.4. The van der Waals surface area contributed by atoms with Crippen molar-refractivity contribution in [3.05, 3.63) is 57.6 Å². The minimum Gasteiger partial charge on any atom is -0.322 e. The van der Waals surface area contributed by atoms with Crippen LogP contribution in [-0.4, -0.2) is 12.2 Å². The van der Waals surface area contributed by atoms with Crippen LogP contribution >= 0.6 is 27.7 Å². The molecular formula is C16H16BrNOS. The zero-order valence-corrected chi connectivity index (χ0v) is 14.1. The number of carbonyl (C=O) groups is 1. The van der Waals surface area contributed by atoms with Gasteiger partial charge in [-0.05, 0) is 55.5 Å². The lowest BCUT2D eigenvalue weighted by molar-refractivity contribution is 0.102. The Balaban J connectivity index is 2.30. The van der Waals surface area contributed by atoms with E-state index in [-0.39, 0.29) is 5.91 Å². The van der Waals surface area contributed by atoms with Gasteiger partial charge in [0.1, 0.15) is 0 Å². The molecule has 2 aromatic rings. The molecule has 1 N–H and O–H groups in total. The van der Waals surface area contributed by atoms with E-state index < -0.39 is 0 Å². The second kappa shape index (κ2) is 6.46. The van der Waals surface area contributed by atoms with Gasteiger partial charge in [-0.15, -0.1) is 11.8 Å². The summed E-state index contributed by atoms with van der Waals surface area (Å²) in [7, 11) is 0. The molecule has 2 rings (SSSR count). The number of thioether (sulfide) groups is 1. The van der Waals surface area contributed by atoms with Crippen LogP contribution in [0.4, 0.5) is 5.69 Å². The summed E-state index contributed by atoms with van der Waals surface area (Å²) in [6.07, 6.45) is 2.00. The average Bonchev–Trinajstić information content (AvgIpc) is 2.43. The predicted molar refractivity (Wildman–Crippen MR) is 89.8 cm³/mol. The molecule has 0 spiro atoms. The van der Waals surface area contributed by atoms with E-state index in [4.69, 9.17) is 0 Å². The molecule has 0 saturated carbocycles. The van der Waals surface area contributed by atoms with Gasteiger partial charge < -0.3 is 5.32 Å². The fourth-order valence-corrected chi connectivity index (χ4v) is 2.69. The first-order valence-corrected chi connectivity index (χ1v) is 8.25. The zero-order chi connectivity index (χ0) is 14.7. The topological polar surface area (TPSA) is 29.1 Å². The summed E-state index contributed by atoms with van der Waals surface area (Å²) in [6, 6.07) is 11.8. The minimum absolute atomic E-state index is 0.0698. The molecule has 0 unspecified atom stereocenters. The summed E-state index contributed by atoms with van der Waals surface area (Å²) in [5.74, 6) is -0.0698. The minimum atomic E-state index is -0.0698. The molecule has 0 aliphatic rings. The van der Waals surface area contributed by atoms with E-state index in [1.807, 2.05) is 56.5 Å². The molecule has 4 heteroatoms. The number of anilines is 1. The molecule has 104 valence electrons. The van der Waals surface area contributed by atoms with Crippen molar-refractivity contribution in [1.82, 2.24) is 0 Å². The van der Waals surface area contributed by atoms with Gasteiger partial charge >= 0.3 is 0 Å². The Kier molecular flexibility index (Phi) is 4.89. The number of carbonyl (C=O) groups excluding carboxylic acids is 1. The van der Waals surface area contributed by atoms with Crippen LogP contribution < -0.4 is 5.32 Å². The molecule has 0 aromatic heterocycles. The van der Waals surface area contributed by atoms with Gasteiger partial charge in [-0.25, -0.2) is 0 Å². The summed E-state index contributed by atoms with van der Waals surface area (Å²) in [5.41, 5.74) is 3.57. The Hall–Kier alpha value is -1.26. The second-order valence-corrected chi connectivity index (χ2v) is 6.39. The number of hydrogen-bond donors (Lipinski definition) is 1. The van der Waals surface area contributed by atoms with E-state index in [0.717, 1.165) is 31.7 Å². The Labute approximate surface area is 132 Å². The van der Waals surface area contributed by atoms with Crippen molar-refractivity contribution in [1.29, 1.82) is 0 Å². The highest BCUT2D eigenvalue weighted by atomic mass is 79.9. The molecule has 0 atom stereocenters. The van der Waals surface area contributed by atoms with Crippen molar-refractivity contribution in [2.24, 2.45) is 0 Å². The van der Waals surface area contributed by atoms with Crippen LogP contribution in [0, 0.1) is 13.8 Å². The maximum Gasteiger partial charge on any atom is 0.255 e. The van der Waals surface area contributed by atoms with Gasteiger partial charge in [-0.3, -0.25) is 4.79 Å². The Morgan fingerprint density at radius 1 is 1.10 bits per heavy atom. The van der Waals surface area contributed by atoms with Crippen LogP contribution in [0.3, 0.4) is 0 Å². The zero-order valence-electron chi connectivity index (χ0n) is 11.7. The molecule has 1 amide bonds. The molecular weight excluding hydrogens is 334 g/mol. The molecule has 0 aliphatic heterocycles. The third-order valence-corrected chi connectivity index (χ3v) is 4.36. The Morgan fingerprint density at radius 2 is 1.80 bits per heavy atom. The SMILES string of the molecule is CSc1ccc(C)c(C(=O)Nc2cc(Br)ccc2C)c1. The standard InChI is InChI=1S/C16H16BrNOS/c1-10-5-7-13(20-3)9-14(10)16(19)18-15-8-12(17)6-4-11(15)2/h4-9H,1-3H3,(H,18,19). The van der Waals surface area contributed by atoms with Gasteiger partial charge in [0.15, 0.2) is 0 Å². The van der Waals surface area contributed by atoms with Gasteiger partial charge in [-0.2, -0.15) is 0 Å². The summed E-state index contributed by atoms with van der Waals surface area (Å²) in [6.45, 7) is 3.93. The van der Waals surface area contributed by atoms with Gasteiger partial charge in [0.2, 0.25) is 0 Å². The summed E-state index contributed by atoms with van der Waals surface area (Å²) >= 11 is 5.06. The van der Waals surface area contributed by atoms with Gasteiger partial charge in [-0.1, -0.05) is 28.1 Å². The Bertz CT molecular complexity index is 655. The van der Waals surface area contributed by atoms with Crippen LogP contribution in [0.1, 0.15) is 21.5 Å². The highest BCUT2D eigenvalue weighted by molar-refractivity contribution is 9.10. The molecule has 2 aromatic carbocycles. The van der Waals surface area contributed by atoms with Crippen LogP contribution in [0.2, 0.25) is 0 Å². The Morgan fingerprint density at radius 3 is 2.50 bits per heavy atom. The highest BCUT2D eigenvalue weighted by Crippen LogP contribution is 2.23. The highest BCUT2D eigenvalue weighted by Gasteiger charge is 2.11. The molecule has 0 aliphatic carbocycles. The largest absolute Gasteiger partial charge is 0.322 e. The summed E-state index contributed by atoms with van der Waals surface area (Å²) in [5, 5.41) is 2.98. The van der Waals surface area contributed by atoms with Crippen molar-refractivity contribution >= 4 is 39.3 Å². The van der Waals surface area contributed by atoms with E-state index >= 15 is 0 Å². The van der Waals surface area contributed by atoms with E-state index in [1.165, 1.54) is 0 Å². The maximum atomic E-state index is 12.4. The van der Waals surface area contributed by atoms with E-state index in [1.54, 1.807) is 11.8 Å². The van der Waals surface area contributed by atoms with Crippen molar-refractivity contribution in [2.45, 2.75) is 18.7 Å². The van der Waals surface area contributed by atoms with E-state index in [9.17, 15) is 4.79 Å². The van der Waals surface area contributed by atoms with Crippen molar-refractivity contribution in [3.63, 3.8) is 0 Å². The number of benzene rings is 2. The van der Waals surface area contributed by atoms with Crippen molar-refractivity contribution in [2.75, 3.05) is 11.6 Å². The third-order valence-electron chi connectivity index (χ3n) is 3.14. The maximum absolute atomic E-state index is 12.4. The molecule has 0 heterocycles. The molecule has 0 radical (unpaired) electrons. The quantitative estimate of drug-likeness (QED) is 0.786. The summed E-state index contributed by atoms with van der Waals surface area (Å²) < 4.78 is 0.952. The number of rotatable bonds is 3. The fourth-order valence-electron chi connectivity index (χ4n) is 1.89. The van der Waals surface area contributed by atoms with Crippen LogP contribution in [-0.2, 0) is 0 Å². The van der Waals surface area contributed by atoms with Gasteiger partial charge in [0.05, 0.1) is 0 Å². The smallest absolute Gasteiger partial charge is 0.255 e. The van der Waals surface area contributed by atoms with E-state index in [2.05, 4.69) is 21.2 Å². The predicted octanol–water partition coefficient (Wildman–Crippen LogP) is 5.04. The summed E-state index contributed by atoms with van der Waals surface area (Å²) in [4.78, 5) is 13.5. The molecule has 2 nitrogen and oxygen atoms in total. The first-order valence-electron chi connectivity index (χ1n) is 6.23. The molecule has 0 bridgehead atoms. The molecule has 0 saturated heterocycles.